The first kappa shape index (κ1) is 23.8. The van der Waals surface area contributed by atoms with Gasteiger partial charge < -0.3 is 10.6 Å². The molecule has 0 aromatic rings. The molecule has 2 rings (SSSR count). The number of carbonyl (C=O) groups excluding carboxylic acids is 1. The maximum atomic E-state index is 12.3. The minimum absolute atomic E-state index is 0. The summed E-state index contributed by atoms with van der Waals surface area (Å²) in [6.45, 7) is 1.73. The third kappa shape index (κ3) is 8.74. The number of carbonyl (C=O) groups is 1. The lowest BCUT2D eigenvalue weighted by Crippen LogP contribution is -2.47. The fourth-order valence-corrected chi connectivity index (χ4v) is 3.29. The standard InChI is InChI=1S/C15H26F3N3O.2ClH/c16-15(17,18)11-21-9-5-12(6-10-21)4-8-20-14(22)13-3-1-2-7-19-13;;/h12-13,19H,1-11H2,(H,20,22);2*1H/t13-;;/m1../s1. The van der Waals surface area contributed by atoms with Crippen LogP contribution in [0.2, 0.25) is 0 Å². The molecule has 0 unspecified atom stereocenters. The molecule has 2 heterocycles. The van der Waals surface area contributed by atoms with Crippen LogP contribution in [0.4, 0.5) is 13.2 Å². The number of hydrogen-bond acceptors (Lipinski definition) is 3. The van der Waals surface area contributed by atoms with E-state index in [2.05, 4.69) is 10.6 Å². The van der Waals surface area contributed by atoms with Gasteiger partial charge in [-0.3, -0.25) is 9.69 Å². The normalized spacial score (nSPS) is 23.0. The Kier molecular flexibility index (Phi) is 11.3. The number of piperidine rings is 2. The van der Waals surface area contributed by atoms with Crippen LogP contribution >= 0.6 is 24.8 Å². The fraction of sp³-hybridized carbons (Fsp3) is 0.933. The quantitative estimate of drug-likeness (QED) is 0.754. The molecule has 0 saturated carbocycles. The molecule has 2 aliphatic heterocycles. The van der Waals surface area contributed by atoms with Crippen molar-refractivity contribution >= 4 is 30.7 Å². The van der Waals surface area contributed by atoms with Crippen LogP contribution in [0, 0.1) is 5.92 Å². The van der Waals surface area contributed by atoms with E-state index in [4.69, 9.17) is 0 Å². The summed E-state index contributed by atoms with van der Waals surface area (Å²) in [5.74, 6) is 0.485. The van der Waals surface area contributed by atoms with E-state index in [-0.39, 0.29) is 36.8 Å². The lowest BCUT2D eigenvalue weighted by atomic mass is 9.93. The van der Waals surface area contributed by atoms with Gasteiger partial charge in [-0.1, -0.05) is 6.42 Å². The Hall–Kier alpha value is -0.240. The van der Waals surface area contributed by atoms with Crippen molar-refractivity contribution in [2.75, 3.05) is 32.7 Å². The summed E-state index contributed by atoms with van der Waals surface area (Å²) in [5.41, 5.74) is 0. The monoisotopic (exact) mass is 393 g/mol. The molecule has 1 amide bonds. The van der Waals surface area contributed by atoms with Crippen LogP contribution in [-0.2, 0) is 4.79 Å². The molecule has 0 aliphatic carbocycles. The first-order valence-corrected chi connectivity index (χ1v) is 8.24. The summed E-state index contributed by atoms with van der Waals surface area (Å²) in [5, 5.41) is 6.16. The van der Waals surface area contributed by atoms with Crippen molar-refractivity contribution in [2.45, 2.75) is 50.7 Å². The van der Waals surface area contributed by atoms with Crippen molar-refractivity contribution in [1.82, 2.24) is 15.5 Å². The Morgan fingerprint density at radius 2 is 1.79 bits per heavy atom. The average molecular weight is 394 g/mol. The molecule has 2 N–H and O–H groups in total. The molecule has 2 aliphatic rings. The highest BCUT2D eigenvalue weighted by Crippen LogP contribution is 2.24. The maximum absolute atomic E-state index is 12.3. The third-order valence-electron chi connectivity index (χ3n) is 4.59. The van der Waals surface area contributed by atoms with Gasteiger partial charge in [0.05, 0.1) is 12.6 Å². The van der Waals surface area contributed by atoms with E-state index in [1.165, 1.54) is 4.90 Å². The Balaban J connectivity index is 0.00000264. The van der Waals surface area contributed by atoms with Crippen molar-refractivity contribution in [3.05, 3.63) is 0 Å². The van der Waals surface area contributed by atoms with E-state index in [0.717, 1.165) is 45.1 Å². The largest absolute Gasteiger partial charge is 0.401 e. The number of nitrogens with zero attached hydrogens (tertiary/aromatic N) is 1. The summed E-state index contributed by atoms with van der Waals surface area (Å²) in [6, 6.07) is -0.0672. The van der Waals surface area contributed by atoms with Crippen LogP contribution in [0.15, 0.2) is 0 Å². The molecular weight excluding hydrogens is 366 g/mol. The van der Waals surface area contributed by atoms with Gasteiger partial charge in [0.1, 0.15) is 0 Å². The Labute approximate surface area is 154 Å². The molecule has 0 aromatic heterocycles. The summed E-state index contributed by atoms with van der Waals surface area (Å²) in [6.07, 6.45) is 1.43. The lowest BCUT2D eigenvalue weighted by molar-refractivity contribution is -0.148. The Morgan fingerprint density at radius 3 is 2.33 bits per heavy atom. The first-order valence-electron chi connectivity index (χ1n) is 8.24. The molecule has 2 fully saturated rings. The van der Waals surface area contributed by atoms with Crippen LogP contribution in [0.1, 0.15) is 38.5 Å². The molecule has 1 atom stereocenters. The van der Waals surface area contributed by atoms with Crippen molar-refractivity contribution in [3.63, 3.8) is 0 Å². The number of halogens is 5. The van der Waals surface area contributed by atoms with Gasteiger partial charge in [-0.2, -0.15) is 13.2 Å². The van der Waals surface area contributed by atoms with Crippen LogP contribution in [-0.4, -0.2) is 55.7 Å². The molecule has 0 radical (unpaired) electrons. The Morgan fingerprint density at radius 1 is 1.12 bits per heavy atom. The number of hydrogen-bond donors (Lipinski definition) is 2. The summed E-state index contributed by atoms with van der Waals surface area (Å²) in [4.78, 5) is 13.4. The second-order valence-corrected chi connectivity index (χ2v) is 6.42. The van der Waals surface area contributed by atoms with E-state index in [0.29, 0.717) is 25.6 Å². The summed E-state index contributed by atoms with van der Waals surface area (Å²) < 4.78 is 36.9. The van der Waals surface area contributed by atoms with Crippen LogP contribution in [0.5, 0.6) is 0 Å². The molecule has 144 valence electrons. The molecular formula is C15H28Cl2F3N3O. The first-order chi connectivity index (χ1) is 10.4. The predicted molar refractivity (Wildman–Crippen MR) is 93.0 cm³/mol. The predicted octanol–water partition coefficient (Wildman–Crippen LogP) is 2.75. The molecule has 4 nitrogen and oxygen atoms in total. The minimum Gasteiger partial charge on any atom is -0.355 e. The fourth-order valence-electron chi connectivity index (χ4n) is 3.29. The molecule has 0 bridgehead atoms. The number of amides is 1. The van der Waals surface area contributed by atoms with Crippen LogP contribution in [0.25, 0.3) is 0 Å². The van der Waals surface area contributed by atoms with E-state index in [1.54, 1.807) is 0 Å². The zero-order valence-electron chi connectivity index (χ0n) is 13.7. The second kappa shape index (κ2) is 11.4. The zero-order valence-corrected chi connectivity index (χ0v) is 15.4. The minimum atomic E-state index is -4.10. The number of nitrogens with one attached hydrogen (secondary N) is 2. The molecule has 0 aromatic carbocycles. The second-order valence-electron chi connectivity index (χ2n) is 6.42. The van der Waals surface area contributed by atoms with Gasteiger partial charge in [0.25, 0.3) is 0 Å². The molecule has 9 heteroatoms. The third-order valence-corrected chi connectivity index (χ3v) is 4.59. The van der Waals surface area contributed by atoms with Crippen molar-refractivity contribution in [1.29, 1.82) is 0 Å². The van der Waals surface area contributed by atoms with Crippen LogP contribution in [0.3, 0.4) is 0 Å². The van der Waals surface area contributed by atoms with Crippen LogP contribution < -0.4 is 10.6 Å². The SMILES string of the molecule is Cl.Cl.O=C(NCCC1CCN(CC(F)(F)F)CC1)[C@H]1CCCCN1. The summed E-state index contributed by atoms with van der Waals surface area (Å²) in [7, 11) is 0. The van der Waals surface area contributed by atoms with E-state index in [9.17, 15) is 18.0 Å². The zero-order chi connectivity index (χ0) is 16.0. The number of rotatable bonds is 5. The van der Waals surface area contributed by atoms with Gasteiger partial charge in [0.2, 0.25) is 5.91 Å². The van der Waals surface area contributed by atoms with Crippen molar-refractivity contribution in [2.24, 2.45) is 5.92 Å². The van der Waals surface area contributed by atoms with E-state index < -0.39 is 12.7 Å². The van der Waals surface area contributed by atoms with Gasteiger partial charge in [-0.05, 0) is 57.7 Å². The summed E-state index contributed by atoms with van der Waals surface area (Å²) >= 11 is 0. The Bertz CT molecular complexity index is 358. The molecule has 2 saturated heterocycles. The van der Waals surface area contributed by atoms with Crippen molar-refractivity contribution < 1.29 is 18.0 Å². The maximum Gasteiger partial charge on any atom is 0.401 e. The molecule has 0 spiro atoms. The van der Waals surface area contributed by atoms with Gasteiger partial charge in [-0.15, -0.1) is 24.8 Å². The highest BCUT2D eigenvalue weighted by molar-refractivity contribution is 5.85. The smallest absolute Gasteiger partial charge is 0.355 e. The lowest BCUT2D eigenvalue weighted by Gasteiger charge is -2.32. The van der Waals surface area contributed by atoms with Gasteiger partial charge in [-0.25, -0.2) is 0 Å². The highest BCUT2D eigenvalue weighted by atomic mass is 35.5. The van der Waals surface area contributed by atoms with E-state index in [1.807, 2.05) is 0 Å². The van der Waals surface area contributed by atoms with Gasteiger partial charge in [0, 0.05) is 6.54 Å². The molecule has 24 heavy (non-hydrogen) atoms. The number of alkyl halides is 3. The van der Waals surface area contributed by atoms with Crippen molar-refractivity contribution in [3.8, 4) is 0 Å². The average Bonchev–Trinajstić information content (AvgIpc) is 2.48. The topological polar surface area (TPSA) is 44.4 Å². The van der Waals surface area contributed by atoms with E-state index >= 15 is 0 Å². The van der Waals surface area contributed by atoms with Gasteiger partial charge in [0.15, 0.2) is 0 Å². The number of likely N-dealkylation sites (tertiary alicyclic amines) is 1. The van der Waals surface area contributed by atoms with Gasteiger partial charge >= 0.3 is 6.18 Å². The highest BCUT2D eigenvalue weighted by Gasteiger charge is 2.32.